The third-order valence-electron chi connectivity index (χ3n) is 9.63. The second kappa shape index (κ2) is 7.98. The molecule has 178 valence electrons. The minimum absolute atomic E-state index is 0.0501. The van der Waals surface area contributed by atoms with Gasteiger partial charge in [-0.15, -0.1) is 0 Å². The highest BCUT2D eigenvalue weighted by atomic mass is 16.1. The fraction of sp³-hybridized carbons (Fsp3) is 0.500. The van der Waals surface area contributed by atoms with Gasteiger partial charge in [-0.2, -0.15) is 0 Å². The number of H-pyrrole nitrogens is 1. The summed E-state index contributed by atoms with van der Waals surface area (Å²) in [5, 5.41) is 4.39. The van der Waals surface area contributed by atoms with E-state index in [4.69, 9.17) is 0 Å². The van der Waals surface area contributed by atoms with Crippen molar-refractivity contribution in [2.75, 3.05) is 26.7 Å². The van der Waals surface area contributed by atoms with Gasteiger partial charge in [-0.1, -0.05) is 26.0 Å². The first-order valence-corrected chi connectivity index (χ1v) is 13.2. The van der Waals surface area contributed by atoms with Gasteiger partial charge in [-0.05, 0) is 71.7 Å². The van der Waals surface area contributed by atoms with Crippen molar-refractivity contribution in [2.45, 2.75) is 57.4 Å². The summed E-state index contributed by atoms with van der Waals surface area (Å²) in [5.74, 6) is 1.65. The van der Waals surface area contributed by atoms with E-state index in [1.165, 1.54) is 58.9 Å². The number of nitrogens with one attached hydrogen (secondary N) is 2. The molecule has 1 saturated heterocycles. The smallest absolute Gasteiger partial charge is 0.251 e. The van der Waals surface area contributed by atoms with Crippen LogP contribution in [0.2, 0.25) is 0 Å². The average Bonchev–Trinajstić information content (AvgIpc) is 3.51. The van der Waals surface area contributed by atoms with Crippen molar-refractivity contribution in [3.8, 4) is 0 Å². The molecule has 2 unspecified atom stereocenters. The second-order valence-corrected chi connectivity index (χ2v) is 11.8. The number of hydrogen-bond donors (Lipinski definition) is 2. The molecule has 4 atom stereocenters. The Labute approximate surface area is 203 Å². The largest absolute Gasteiger partial charge is 0.361 e. The van der Waals surface area contributed by atoms with Crippen molar-refractivity contribution in [1.82, 2.24) is 10.3 Å². The number of amides is 1. The quantitative estimate of drug-likeness (QED) is 0.491. The molecule has 1 saturated carbocycles. The number of piperidine rings is 1. The maximum atomic E-state index is 13.1. The van der Waals surface area contributed by atoms with Crippen LogP contribution in [0.4, 0.5) is 0 Å². The molecule has 1 aliphatic heterocycles. The zero-order chi connectivity index (χ0) is 23.5. The van der Waals surface area contributed by atoms with E-state index in [1.54, 1.807) is 0 Å². The Morgan fingerprint density at radius 1 is 1.18 bits per heavy atom. The van der Waals surface area contributed by atoms with Gasteiger partial charge in [0, 0.05) is 53.9 Å². The number of benzene rings is 2. The molecule has 4 heteroatoms. The Bertz CT molecular complexity index is 1240. The van der Waals surface area contributed by atoms with Gasteiger partial charge in [0.2, 0.25) is 0 Å². The minimum atomic E-state index is 0.0501. The van der Waals surface area contributed by atoms with Crippen molar-refractivity contribution < 1.29 is 9.28 Å². The number of rotatable bonds is 6. The van der Waals surface area contributed by atoms with Crippen LogP contribution in [-0.4, -0.2) is 48.1 Å². The Balaban J connectivity index is 1.17. The van der Waals surface area contributed by atoms with Gasteiger partial charge >= 0.3 is 0 Å². The third-order valence-corrected chi connectivity index (χ3v) is 9.63. The van der Waals surface area contributed by atoms with E-state index in [-0.39, 0.29) is 11.3 Å². The molecule has 1 aromatic heterocycles. The van der Waals surface area contributed by atoms with Crippen molar-refractivity contribution >= 4 is 16.8 Å². The number of likely N-dealkylation sites (tertiary alicyclic amines) is 1. The molecule has 2 aliphatic carbocycles. The molecule has 2 bridgehead atoms. The lowest BCUT2D eigenvalue weighted by Gasteiger charge is -2.58. The van der Waals surface area contributed by atoms with E-state index in [1.807, 2.05) is 6.20 Å². The van der Waals surface area contributed by atoms with Crippen LogP contribution in [0.25, 0.3) is 10.9 Å². The van der Waals surface area contributed by atoms with E-state index in [0.29, 0.717) is 18.5 Å². The second-order valence-electron chi connectivity index (χ2n) is 11.8. The van der Waals surface area contributed by atoms with Gasteiger partial charge in [0.25, 0.3) is 5.91 Å². The molecule has 34 heavy (non-hydrogen) atoms. The summed E-state index contributed by atoms with van der Waals surface area (Å²) in [7, 11) is 2.51. The maximum absolute atomic E-state index is 13.1. The van der Waals surface area contributed by atoms with Gasteiger partial charge in [0.05, 0.1) is 26.2 Å². The summed E-state index contributed by atoms with van der Waals surface area (Å²) >= 11 is 0. The molecular weight excluding hydrogens is 418 g/mol. The van der Waals surface area contributed by atoms with Crippen molar-refractivity contribution in [3.63, 3.8) is 0 Å². The molecule has 6 rings (SSSR count). The van der Waals surface area contributed by atoms with Crippen LogP contribution in [0.5, 0.6) is 0 Å². The zero-order valence-corrected chi connectivity index (χ0v) is 20.9. The first-order chi connectivity index (χ1) is 16.4. The predicted molar refractivity (Wildman–Crippen MR) is 138 cm³/mol. The molecule has 2 heterocycles. The van der Waals surface area contributed by atoms with Crippen molar-refractivity contribution in [2.24, 2.45) is 11.8 Å². The number of carbonyl (C=O) groups excluding carboxylic acids is 1. The highest BCUT2D eigenvalue weighted by molar-refractivity contribution is 5.94. The van der Waals surface area contributed by atoms with E-state index >= 15 is 0 Å². The lowest BCUT2D eigenvalue weighted by molar-refractivity contribution is -0.946. The summed E-state index contributed by atoms with van der Waals surface area (Å²) in [6, 6.07) is 15.8. The number of nitrogens with zero attached hydrogens (tertiary/aromatic N) is 1. The van der Waals surface area contributed by atoms with Crippen LogP contribution in [0.3, 0.4) is 0 Å². The highest BCUT2D eigenvalue weighted by Crippen LogP contribution is 2.51. The Kier molecular flexibility index (Phi) is 5.14. The molecule has 2 fully saturated rings. The summed E-state index contributed by atoms with van der Waals surface area (Å²) < 4.78 is 1.25. The number of quaternary nitrogens is 1. The summed E-state index contributed by atoms with van der Waals surface area (Å²) in [6.07, 6.45) is 8.04. The van der Waals surface area contributed by atoms with Crippen LogP contribution in [0.1, 0.15) is 60.2 Å². The summed E-state index contributed by atoms with van der Waals surface area (Å²) in [4.78, 5) is 16.3. The Hall–Kier alpha value is -2.59. The van der Waals surface area contributed by atoms with Crippen molar-refractivity contribution in [3.05, 3.63) is 70.9 Å². The third kappa shape index (κ3) is 3.67. The zero-order valence-electron chi connectivity index (χ0n) is 20.9. The van der Waals surface area contributed by atoms with Gasteiger partial charge in [-0.25, -0.2) is 0 Å². The van der Waals surface area contributed by atoms with Crippen LogP contribution < -0.4 is 5.32 Å². The number of likely N-dealkylation sites (N-methyl/N-ethyl adjacent to an activating group) is 1. The number of aromatic nitrogens is 1. The SMILES string of the molecule is C[C@H]1C2Cc3ccc(C(=O)NCCc4ccc5[nH]ccc5c4)cc3C1(C)CC[N@@+]2(C)CC1CC1. The molecule has 0 radical (unpaired) electrons. The molecule has 2 N–H and O–H groups in total. The Morgan fingerprint density at radius 3 is 2.85 bits per heavy atom. The first kappa shape index (κ1) is 21.9. The maximum Gasteiger partial charge on any atom is 0.251 e. The number of carbonyl (C=O) groups is 1. The molecule has 3 aromatic rings. The van der Waals surface area contributed by atoms with Crippen LogP contribution in [0.15, 0.2) is 48.7 Å². The van der Waals surface area contributed by atoms with Crippen LogP contribution in [0, 0.1) is 11.8 Å². The fourth-order valence-electron chi connectivity index (χ4n) is 7.07. The summed E-state index contributed by atoms with van der Waals surface area (Å²) in [5.41, 5.74) is 6.29. The normalized spacial score (nSPS) is 30.2. The number of hydrogen-bond acceptors (Lipinski definition) is 1. The molecule has 0 spiro atoms. The molecule has 2 aromatic carbocycles. The molecule has 4 nitrogen and oxygen atoms in total. The van der Waals surface area contributed by atoms with E-state index in [0.717, 1.165) is 29.8 Å². The fourth-order valence-corrected chi connectivity index (χ4v) is 7.07. The van der Waals surface area contributed by atoms with Gasteiger partial charge in [0.15, 0.2) is 0 Å². The van der Waals surface area contributed by atoms with Crippen LogP contribution in [-0.2, 0) is 18.3 Å². The molecular formula is C30H38N3O+. The Morgan fingerprint density at radius 2 is 2.03 bits per heavy atom. The van der Waals surface area contributed by atoms with E-state index in [2.05, 4.69) is 73.7 Å². The van der Waals surface area contributed by atoms with Gasteiger partial charge < -0.3 is 14.8 Å². The highest BCUT2D eigenvalue weighted by Gasteiger charge is 2.55. The van der Waals surface area contributed by atoms with Gasteiger partial charge in [0.1, 0.15) is 0 Å². The molecule has 3 aliphatic rings. The van der Waals surface area contributed by atoms with E-state index < -0.39 is 0 Å². The predicted octanol–water partition coefficient (Wildman–Crippen LogP) is 5.22. The van der Waals surface area contributed by atoms with Gasteiger partial charge in [-0.3, -0.25) is 4.79 Å². The van der Waals surface area contributed by atoms with Crippen LogP contribution >= 0.6 is 0 Å². The topological polar surface area (TPSA) is 44.9 Å². The van der Waals surface area contributed by atoms with Crippen molar-refractivity contribution in [1.29, 1.82) is 0 Å². The average molecular weight is 457 g/mol. The standard InChI is InChI=1S/C30H37N3O/c1-20-28-18-23-7-8-25(17-26(23)30(20,2)12-15-33(28,3)19-22-4-5-22)29(34)32-13-10-21-6-9-27-24(16-21)11-14-31-27/h6-9,11,14,16-17,20,22,28,31H,4-5,10,12-13,15,18-19H2,1-3H3/p+1/t20-,28?,30?,33-/m0/s1. The van der Waals surface area contributed by atoms with E-state index in [9.17, 15) is 4.79 Å². The number of aromatic amines is 1. The molecule has 1 amide bonds. The lowest BCUT2D eigenvalue weighted by atomic mass is 9.58. The minimum Gasteiger partial charge on any atom is -0.361 e. The monoisotopic (exact) mass is 456 g/mol. The number of fused-ring (bicyclic) bond motifs is 5. The summed E-state index contributed by atoms with van der Waals surface area (Å²) in [6.45, 7) is 8.21. The lowest BCUT2D eigenvalue weighted by Crippen LogP contribution is -2.67. The first-order valence-electron chi connectivity index (χ1n) is 13.2.